The molecule has 23 heavy (non-hydrogen) atoms. The maximum atomic E-state index is 13.0. The molecule has 1 amide bonds. The molecule has 0 spiro atoms. The standard InChI is InChI=1S/C13H14F4N4OS/c1-5-7(3)23-13(18-5)19-12(22)6(2)21-9(11(16)17)4-8(20-21)10(14)15/h4,6,10-11H,1-3H3,(H,18,19,22). The number of nitrogens with one attached hydrogen (secondary N) is 1. The molecule has 0 saturated carbocycles. The number of thiazole rings is 1. The molecule has 1 unspecified atom stereocenters. The van der Waals surface area contributed by atoms with Crippen molar-refractivity contribution in [3.05, 3.63) is 28.0 Å². The summed E-state index contributed by atoms with van der Waals surface area (Å²) >= 11 is 1.24. The number of rotatable bonds is 5. The van der Waals surface area contributed by atoms with E-state index in [1.165, 1.54) is 18.3 Å². The van der Waals surface area contributed by atoms with Gasteiger partial charge >= 0.3 is 0 Å². The Labute approximate surface area is 133 Å². The van der Waals surface area contributed by atoms with Crippen LogP contribution in [-0.4, -0.2) is 20.7 Å². The molecule has 1 N–H and O–H groups in total. The third-order valence-corrected chi connectivity index (χ3v) is 4.22. The third kappa shape index (κ3) is 3.69. The Balaban J connectivity index is 2.24. The van der Waals surface area contributed by atoms with E-state index in [0.717, 1.165) is 10.6 Å². The van der Waals surface area contributed by atoms with E-state index < -0.39 is 36.2 Å². The minimum atomic E-state index is -3.02. The van der Waals surface area contributed by atoms with Crippen molar-refractivity contribution in [2.75, 3.05) is 5.32 Å². The number of halogens is 4. The predicted octanol–water partition coefficient (Wildman–Crippen LogP) is 4.03. The van der Waals surface area contributed by atoms with Crippen molar-refractivity contribution < 1.29 is 22.4 Å². The van der Waals surface area contributed by atoms with Crippen LogP contribution < -0.4 is 5.32 Å². The lowest BCUT2D eigenvalue weighted by molar-refractivity contribution is -0.119. The number of carbonyl (C=O) groups excluding carboxylic acids is 1. The van der Waals surface area contributed by atoms with E-state index in [1.807, 2.05) is 6.92 Å². The summed E-state index contributed by atoms with van der Waals surface area (Å²) in [6.07, 6.45) is -6.01. The highest BCUT2D eigenvalue weighted by atomic mass is 32.1. The Bertz CT molecular complexity index is 693. The average Bonchev–Trinajstić information content (AvgIpc) is 3.02. The van der Waals surface area contributed by atoms with Crippen molar-refractivity contribution >= 4 is 22.4 Å². The number of carbonyl (C=O) groups is 1. The molecule has 0 aliphatic rings. The summed E-state index contributed by atoms with van der Waals surface area (Å²) in [7, 11) is 0. The number of amides is 1. The first-order chi connectivity index (χ1) is 10.7. The zero-order valence-corrected chi connectivity index (χ0v) is 13.3. The van der Waals surface area contributed by atoms with Gasteiger partial charge in [0.15, 0.2) is 5.13 Å². The molecule has 126 valence electrons. The molecule has 0 radical (unpaired) electrons. The molecule has 1 atom stereocenters. The molecule has 5 nitrogen and oxygen atoms in total. The average molecular weight is 350 g/mol. The maximum absolute atomic E-state index is 13.0. The molecule has 10 heteroatoms. The summed E-state index contributed by atoms with van der Waals surface area (Å²) in [5, 5.41) is 6.22. The summed E-state index contributed by atoms with van der Waals surface area (Å²) in [5.74, 6) is -0.662. The summed E-state index contributed by atoms with van der Waals surface area (Å²) in [6.45, 7) is 4.89. The van der Waals surface area contributed by atoms with Gasteiger partial charge in [-0.3, -0.25) is 9.48 Å². The van der Waals surface area contributed by atoms with Gasteiger partial charge in [0, 0.05) is 4.88 Å². The SMILES string of the molecule is Cc1nc(NC(=O)C(C)n2nc(C(F)F)cc2C(F)F)sc1C. The fourth-order valence-electron chi connectivity index (χ4n) is 1.86. The van der Waals surface area contributed by atoms with Gasteiger partial charge in [0.25, 0.3) is 18.8 Å². The largest absolute Gasteiger partial charge is 0.300 e. The Morgan fingerprint density at radius 3 is 2.39 bits per heavy atom. The number of alkyl halides is 4. The van der Waals surface area contributed by atoms with Gasteiger partial charge < -0.3 is 5.32 Å². The van der Waals surface area contributed by atoms with E-state index in [-0.39, 0.29) is 0 Å². The van der Waals surface area contributed by atoms with Crippen LogP contribution in [-0.2, 0) is 4.79 Å². The van der Waals surface area contributed by atoms with Gasteiger partial charge in [0.05, 0.1) is 5.69 Å². The second-order valence-corrected chi connectivity index (χ2v) is 6.07. The van der Waals surface area contributed by atoms with E-state index >= 15 is 0 Å². The van der Waals surface area contributed by atoms with Crippen LogP contribution in [0, 0.1) is 13.8 Å². The van der Waals surface area contributed by atoms with E-state index in [4.69, 9.17) is 0 Å². The summed E-state index contributed by atoms with van der Waals surface area (Å²) < 4.78 is 51.9. The molecule has 0 bridgehead atoms. The normalized spacial score (nSPS) is 12.9. The van der Waals surface area contributed by atoms with Crippen LogP contribution in [0.15, 0.2) is 6.07 Å². The van der Waals surface area contributed by atoms with Crippen molar-refractivity contribution in [1.82, 2.24) is 14.8 Å². The van der Waals surface area contributed by atoms with Crippen molar-refractivity contribution in [2.45, 2.75) is 39.7 Å². The van der Waals surface area contributed by atoms with E-state index in [0.29, 0.717) is 15.9 Å². The Morgan fingerprint density at radius 1 is 1.26 bits per heavy atom. The lowest BCUT2D eigenvalue weighted by atomic mass is 10.3. The number of aryl methyl sites for hydroxylation is 2. The molecule has 0 saturated heterocycles. The van der Waals surface area contributed by atoms with E-state index in [9.17, 15) is 22.4 Å². The van der Waals surface area contributed by atoms with Gasteiger partial charge in [-0.15, -0.1) is 11.3 Å². The Morgan fingerprint density at radius 2 is 1.91 bits per heavy atom. The van der Waals surface area contributed by atoms with Gasteiger partial charge in [-0.05, 0) is 26.8 Å². The topological polar surface area (TPSA) is 59.8 Å². The van der Waals surface area contributed by atoms with Crippen molar-refractivity contribution in [2.24, 2.45) is 0 Å². The first kappa shape index (κ1) is 17.4. The number of hydrogen-bond donors (Lipinski definition) is 1. The van der Waals surface area contributed by atoms with Crippen LogP contribution in [0.5, 0.6) is 0 Å². The van der Waals surface area contributed by atoms with E-state index in [1.54, 1.807) is 6.92 Å². The number of hydrogen-bond acceptors (Lipinski definition) is 4. The summed E-state index contributed by atoms with van der Waals surface area (Å²) in [6, 6.07) is -0.576. The van der Waals surface area contributed by atoms with Crippen LogP contribution in [0.3, 0.4) is 0 Å². The first-order valence-corrected chi connectivity index (χ1v) is 7.43. The smallest absolute Gasteiger partial charge is 0.282 e. The quantitative estimate of drug-likeness (QED) is 0.828. The molecular formula is C13H14F4N4OS. The van der Waals surface area contributed by atoms with Gasteiger partial charge in [-0.2, -0.15) is 5.10 Å². The highest BCUT2D eigenvalue weighted by Crippen LogP contribution is 2.28. The number of nitrogens with zero attached hydrogens (tertiary/aromatic N) is 3. The minimum Gasteiger partial charge on any atom is -0.300 e. The van der Waals surface area contributed by atoms with Crippen LogP contribution >= 0.6 is 11.3 Å². The fourth-order valence-corrected chi connectivity index (χ4v) is 2.67. The van der Waals surface area contributed by atoms with Gasteiger partial charge in [0.1, 0.15) is 17.4 Å². The van der Waals surface area contributed by atoms with Crippen LogP contribution in [0.4, 0.5) is 22.7 Å². The molecular weight excluding hydrogens is 336 g/mol. The number of anilines is 1. The van der Waals surface area contributed by atoms with Gasteiger partial charge in [0.2, 0.25) is 0 Å². The molecule has 0 aromatic carbocycles. The van der Waals surface area contributed by atoms with Gasteiger partial charge in [-0.1, -0.05) is 0 Å². The first-order valence-electron chi connectivity index (χ1n) is 6.61. The fraction of sp³-hybridized carbons (Fsp3) is 0.462. The predicted molar refractivity (Wildman–Crippen MR) is 77.1 cm³/mol. The highest BCUT2D eigenvalue weighted by molar-refractivity contribution is 7.15. The van der Waals surface area contributed by atoms with Crippen LogP contribution in [0.2, 0.25) is 0 Å². The van der Waals surface area contributed by atoms with E-state index in [2.05, 4.69) is 15.4 Å². The summed E-state index contributed by atoms with van der Waals surface area (Å²) in [5.41, 5.74) is -0.777. The van der Waals surface area contributed by atoms with Gasteiger partial charge in [-0.25, -0.2) is 22.5 Å². The molecule has 2 rings (SSSR count). The molecule has 0 fully saturated rings. The highest BCUT2D eigenvalue weighted by Gasteiger charge is 2.27. The lowest BCUT2D eigenvalue weighted by Crippen LogP contribution is -2.26. The van der Waals surface area contributed by atoms with Crippen molar-refractivity contribution in [3.8, 4) is 0 Å². The zero-order chi connectivity index (χ0) is 17.3. The molecule has 2 aromatic heterocycles. The molecule has 0 aliphatic carbocycles. The number of aromatic nitrogens is 3. The third-order valence-electron chi connectivity index (χ3n) is 3.24. The summed E-state index contributed by atoms with van der Waals surface area (Å²) in [4.78, 5) is 17.2. The maximum Gasteiger partial charge on any atom is 0.282 e. The van der Waals surface area contributed by atoms with Crippen LogP contribution in [0.1, 0.15) is 47.8 Å². The van der Waals surface area contributed by atoms with Crippen LogP contribution in [0.25, 0.3) is 0 Å². The lowest BCUT2D eigenvalue weighted by Gasteiger charge is -2.14. The minimum absolute atomic E-state index is 0.316. The van der Waals surface area contributed by atoms with Crippen molar-refractivity contribution in [1.29, 1.82) is 0 Å². The molecule has 2 aromatic rings. The second kappa shape index (κ2) is 6.65. The monoisotopic (exact) mass is 350 g/mol. The molecule has 0 aliphatic heterocycles. The molecule has 2 heterocycles. The van der Waals surface area contributed by atoms with Crippen molar-refractivity contribution in [3.63, 3.8) is 0 Å². The zero-order valence-electron chi connectivity index (χ0n) is 12.5. The second-order valence-electron chi connectivity index (χ2n) is 4.87. The Kier molecular flexibility index (Phi) is 5.03. The Hall–Kier alpha value is -1.97.